The van der Waals surface area contributed by atoms with Crippen LogP contribution in [0.1, 0.15) is 6.42 Å². The van der Waals surface area contributed by atoms with Crippen LogP contribution in [0, 0.1) is 0 Å². The van der Waals surface area contributed by atoms with E-state index >= 15 is 0 Å². The largest absolute Gasteiger partial charge is 0.356 e. The molecule has 0 aliphatic heterocycles. The molecule has 0 saturated heterocycles. The van der Waals surface area contributed by atoms with Gasteiger partial charge in [-0.25, -0.2) is 0 Å². The molecular weight excluding hydrogens is 280 g/mol. The van der Waals surface area contributed by atoms with Crippen LogP contribution in [0.2, 0.25) is 0 Å². The van der Waals surface area contributed by atoms with Crippen molar-refractivity contribution in [2.75, 3.05) is 29.3 Å². The number of anilines is 3. The van der Waals surface area contributed by atoms with Crippen LogP contribution in [0.5, 0.6) is 0 Å². The molecule has 0 heterocycles. The number of hydrogen-bond acceptors (Lipinski definition) is 3. The molecule has 2 aromatic rings. The van der Waals surface area contributed by atoms with E-state index in [9.17, 15) is 4.79 Å². The number of thioether (sulfide) groups is 1. The number of carbonyl (C=O) groups is 1. The minimum absolute atomic E-state index is 0.146. The number of nitrogens with one attached hydrogen (secondary N) is 1. The van der Waals surface area contributed by atoms with Gasteiger partial charge in [0.2, 0.25) is 5.91 Å². The minimum atomic E-state index is 0.146. The van der Waals surface area contributed by atoms with Crippen molar-refractivity contribution in [2.45, 2.75) is 6.42 Å². The Hall–Kier alpha value is -1.94. The van der Waals surface area contributed by atoms with Gasteiger partial charge in [0, 0.05) is 36.3 Å². The van der Waals surface area contributed by atoms with E-state index in [1.54, 1.807) is 16.7 Å². The molecule has 0 saturated carbocycles. The van der Waals surface area contributed by atoms with Crippen LogP contribution in [-0.4, -0.2) is 25.0 Å². The lowest BCUT2D eigenvalue weighted by atomic mass is 10.2. The van der Waals surface area contributed by atoms with Crippen LogP contribution in [0.25, 0.3) is 0 Å². The van der Waals surface area contributed by atoms with Crippen LogP contribution in [0.4, 0.5) is 17.1 Å². The van der Waals surface area contributed by atoms with E-state index in [4.69, 9.17) is 0 Å². The molecule has 4 heteroatoms. The lowest BCUT2D eigenvalue weighted by Crippen LogP contribution is -2.26. The quantitative estimate of drug-likeness (QED) is 0.870. The third kappa shape index (κ3) is 4.53. The zero-order chi connectivity index (χ0) is 15.1. The van der Waals surface area contributed by atoms with Gasteiger partial charge in [0.05, 0.1) is 0 Å². The fraction of sp³-hybridized carbons (Fsp3) is 0.235. The van der Waals surface area contributed by atoms with Gasteiger partial charge in [0.1, 0.15) is 0 Å². The van der Waals surface area contributed by atoms with E-state index in [0.717, 1.165) is 22.8 Å². The summed E-state index contributed by atoms with van der Waals surface area (Å²) in [5.41, 5.74) is 2.98. The Labute approximate surface area is 130 Å². The molecular formula is C17H20N2OS. The molecule has 3 nitrogen and oxygen atoms in total. The summed E-state index contributed by atoms with van der Waals surface area (Å²) in [6.07, 6.45) is 2.58. The highest BCUT2D eigenvalue weighted by Crippen LogP contribution is 2.21. The molecule has 0 aromatic heterocycles. The second-order valence-electron chi connectivity index (χ2n) is 4.73. The van der Waals surface area contributed by atoms with Gasteiger partial charge in [-0.2, -0.15) is 11.8 Å². The summed E-state index contributed by atoms with van der Waals surface area (Å²) in [6, 6.07) is 17.9. The average molecular weight is 300 g/mol. The van der Waals surface area contributed by atoms with Gasteiger partial charge in [0.15, 0.2) is 0 Å². The number of para-hydroxylation sites is 1. The van der Waals surface area contributed by atoms with E-state index in [1.807, 2.05) is 67.9 Å². The van der Waals surface area contributed by atoms with Crippen LogP contribution in [-0.2, 0) is 4.79 Å². The Morgan fingerprint density at radius 3 is 2.29 bits per heavy atom. The first-order valence-corrected chi connectivity index (χ1v) is 8.27. The first-order chi connectivity index (χ1) is 10.2. The molecule has 0 radical (unpaired) electrons. The number of nitrogens with zero attached hydrogens (tertiary/aromatic N) is 1. The molecule has 0 spiro atoms. The highest BCUT2D eigenvalue weighted by molar-refractivity contribution is 7.98. The number of hydrogen-bond donors (Lipinski definition) is 1. The third-order valence-corrected chi connectivity index (χ3v) is 3.82. The van der Waals surface area contributed by atoms with Crippen molar-refractivity contribution in [1.29, 1.82) is 0 Å². The molecule has 1 amide bonds. The summed E-state index contributed by atoms with van der Waals surface area (Å²) in [5, 5.41) is 3.33. The van der Waals surface area contributed by atoms with Gasteiger partial charge in [-0.05, 0) is 42.7 Å². The smallest absolute Gasteiger partial charge is 0.227 e. The second kappa shape index (κ2) is 7.74. The molecule has 1 N–H and O–H groups in total. The van der Waals surface area contributed by atoms with E-state index < -0.39 is 0 Å². The monoisotopic (exact) mass is 300 g/mol. The van der Waals surface area contributed by atoms with Crippen molar-refractivity contribution in [1.82, 2.24) is 0 Å². The first kappa shape index (κ1) is 15.4. The summed E-state index contributed by atoms with van der Waals surface area (Å²) in [4.78, 5) is 13.7. The molecule has 0 unspecified atom stereocenters. The van der Waals surface area contributed by atoms with Crippen molar-refractivity contribution in [2.24, 2.45) is 0 Å². The maximum atomic E-state index is 12.0. The fourth-order valence-electron chi connectivity index (χ4n) is 1.96. The van der Waals surface area contributed by atoms with Crippen molar-refractivity contribution in [3.8, 4) is 0 Å². The average Bonchev–Trinajstić information content (AvgIpc) is 2.53. The number of carbonyl (C=O) groups excluding carboxylic acids is 1. The Balaban J connectivity index is 2.00. The highest BCUT2D eigenvalue weighted by Gasteiger charge is 2.10. The highest BCUT2D eigenvalue weighted by atomic mass is 32.2. The molecule has 0 atom stereocenters. The van der Waals surface area contributed by atoms with Gasteiger partial charge in [-0.1, -0.05) is 18.2 Å². The van der Waals surface area contributed by atoms with Crippen LogP contribution in [0.15, 0.2) is 54.6 Å². The summed E-state index contributed by atoms with van der Waals surface area (Å²) in [7, 11) is 1.82. The Morgan fingerprint density at radius 2 is 1.67 bits per heavy atom. The van der Waals surface area contributed by atoms with Gasteiger partial charge < -0.3 is 10.2 Å². The zero-order valence-electron chi connectivity index (χ0n) is 12.4. The Bertz CT molecular complexity index is 569. The molecule has 21 heavy (non-hydrogen) atoms. The predicted octanol–water partition coefficient (Wildman–Crippen LogP) is 4.15. The molecule has 0 fully saturated rings. The summed E-state index contributed by atoms with van der Waals surface area (Å²) in [5.74, 6) is 1.00. The molecule has 0 bridgehead atoms. The molecule has 2 aromatic carbocycles. The van der Waals surface area contributed by atoms with Crippen molar-refractivity contribution < 1.29 is 4.79 Å². The van der Waals surface area contributed by atoms with E-state index in [2.05, 4.69) is 5.32 Å². The minimum Gasteiger partial charge on any atom is -0.356 e. The van der Waals surface area contributed by atoms with Crippen molar-refractivity contribution >= 4 is 34.7 Å². The van der Waals surface area contributed by atoms with Crippen molar-refractivity contribution in [3.63, 3.8) is 0 Å². The molecule has 0 aliphatic carbocycles. The van der Waals surface area contributed by atoms with E-state index in [0.29, 0.717) is 6.42 Å². The molecule has 0 aliphatic rings. The standard InChI is InChI=1S/C17H20N2OS/c1-19(17(20)12-13-21-2)16-10-8-15(9-11-16)18-14-6-4-3-5-7-14/h3-11,18H,12-13H2,1-2H3. The van der Waals surface area contributed by atoms with Gasteiger partial charge >= 0.3 is 0 Å². The van der Waals surface area contributed by atoms with E-state index in [1.165, 1.54) is 0 Å². The van der Waals surface area contributed by atoms with E-state index in [-0.39, 0.29) is 5.91 Å². The first-order valence-electron chi connectivity index (χ1n) is 6.88. The fourth-order valence-corrected chi connectivity index (χ4v) is 2.34. The second-order valence-corrected chi connectivity index (χ2v) is 5.72. The van der Waals surface area contributed by atoms with Crippen molar-refractivity contribution in [3.05, 3.63) is 54.6 Å². The lowest BCUT2D eigenvalue weighted by molar-refractivity contribution is -0.117. The van der Waals surface area contributed by atoms with Gasteiger partial charge in [0.25, 0.3) is 0 Å². The van der Waals surface area contributed by atoms with Crippen LogP contribution in [0.3, 0.4) is 0 Å². The summed E-state index contributed by atoms with van der Waals surface area (Å²) in [6.45, 7) is 0. The third-order valence-electron chi connectivity index (χ3n) is 3.21. The maximum absolute atomic E-state index is 12.0. The molecule has 2 rings (SSSR count). The van der Waals surface area contributed by atoms with Gasteiger partial charge in [-0.3, -0.25) is 4.79 Å². The normalized spacial score (nSPS) is 10.2. The Morgan fingerprint density at radius 1 is 1.05 bits per heavy atom. The van der Waals surface area contributed by atoms with Crippen LogP contribution < -0.4 is 10.2 Å². The number of rotatable bonds is 6. The maximum Gasteiger partial charge on any atom is 0.227 e. The topological polar surface area (TPSA) is 32.3 Å². The van der Waals surface area contributed by atoms with Crippen LogP contribution >= 0.6 is 11.8 Å². The number of amides is 1. The lowest BCUT2D eigenvalue weighted by Gasteiger charge is -2.17. The Kier molecular flexibility index (Phi) is 5.69. The summed E-state index contributed by atoms with van der Waals surface area (Å²) < 4.78 is 0. The predicted molar refractivity (Wildman–Crippen MR) is 92.6 cm³/mol. The zero-order valence-corrected chi connectivity index (χ0v) is 13.2. The van der Waals surface area contributed by atoms with Gasteiger partial charge in [-0.15, -0.1) is 0 Å². The number of benzene rings is 2. The summed E-state index contributed by atoms with van der Waals surface area (Å²) >= 11 is 1.69. The molecule has 110 valence electrons. The SMILES string of the molecule is CSCCC(=O)N(C)c1ccc(Nc2ccccc2)cc1.